The van der Waals surface area contributed by atoms with Gasteiger partial charge in [-0.2, -0.15) is 5.26 Å². The maximum absolute atomic E-state index is 12.8. The molecule has 0 saturated heterocycles. The van der Waals surface area contributed by atoms with Crippen molar-refractivity contribution in [2.45, 2.75) is 0 Å². The average Bonchev–Trinajstić information content (AvgIpc) is 2.85. The third kappa shape index (κ3) is 3.47. The molecule has 0 radical (unpaired) electrons. The van der Waals surface area contributed by atoms with Crippen LogP contribution < -0.4 is 10.1 Å². The Balaban J connectivity index is 1.94. The third-order valence-electron chi connectivity index (χ3n) is 2.29. The molecule has 0 fully saturated rings. The Morgan fingerprint density at radius 1 is 1.50 bits per heavy atom. The number of carbonyl (C=O) groups excluding carboxylic acids is 1. The first-order valence-electron chi connectivity index (χ1n) is 5.45. The molecule has 0 spiro atoms. The lowest BCUT2D eigenvalue weighted by molar-refractivity contribution is -0.118. The van der Waals surface area contributed by atoms with Crippen molar-refractivity contribution in [3.8, 4) is 11.8 Å². The number of thiophene rings is 1. The number of benzene rings is 1. The topological polar surface area (TPSA) is 62.1 Å². The number of amides is 1. The molecule has 0 aliphatic carbocycles. The summed E-state index contributed by atoms with van der Waals surface area (Å²) in [5.41, 5.74) is 0.392. The molecule has 7 heteroatoms. The quantitative estimate of drug-likeness (QED) is 0.941. The lowest BCUT2D eigenvalue weighted by atomic mass is 10.3. The van der Waals surface area contributed by atoms with Gasteiger partial charge in [-0.05, 0) is 29.6 Å². The van der Waals surface area contributed by atoms with Crippen molar-refractivity contribution < 1.29 is 13.9 Å². The van der Waals surface area contributed by atoms with Gasteiger partial charge in [-0.1, -0.05) is 11.6 Å². The van der Waals surface area contributed by atoms with E-state index in [4.69, 9.17) is 21.6 Å². The van der Waals surface area contributed by atoms with Crippen molar-refractivity contribution in [3.63, 3.8) is 0 Å². The zero-order valence-electron chi connectivity index (χ0n) is 10.0. The lowest BCUT2D eigenvalue weighted by Gasteiger charge is -2.08. The van der Waals surface area contributed by atoms with E-state index in [1.165, 1.54) is 23.5 Å². The van der Waals surface area contributed by atoms with Crippen LogP contribution in [0.4, 0.5) is 9.39 Å². The van der Waals surface area contributed by atoms with E-state index in [-0.39, 0.29) is 17.4 Å². The van der Waals surface area contributed by atoms with E-state index in [2.05, 4.69) is 5.32 Å². The second-order valence-electron chi connectivity index (χ2n) is 3.69. The van der Waals surface area contributed by atoms with Crippen LogP contribution in [-0.4, -0.2) is 12.5 Å². The van der Waals surface area contributed by atoms with Crippen molar-refractivity contribution in [1.29, 1.82) is 5.26 Å². The molecule has 0 bridgehead atoms. The number of ether oxygens (including phenoxy) is 1. The molecule has 1 amide bonds. The van der Waals surface area contributed by atoms with Crippen LogP contribution in [0.1, 0.15) is 5.56 Å². The van der Waals surface area contributed by atoms with Gasteiger partial charge in [-0.15, -0.1) is 11.3 Å². The fraction of sp³-hybridized carbons (Fsp3) is 0.0769. The van der Waals surface area contributed by atoms with Crippen LogP contribution in [0.5, 0.6) is 5.75 Å². The number of nitrogens with one attached hydrogen (secondary N) is 1. The van der Waals surface area contributed by atoms with E-state index in [1.807, 2.05) is 6.07 Å². The SMILES string of the molecule is N#Cc1ccsc1NC(=O)COc1ccc(F)cc1Cl. The standard InChI is InChI=1S/C13H8ClFN2O2S/c14-10-5-9(15)1-2-11(10)19-7-12(18)17-13-8(6-16)3-4-20-13/h1-5H,7H2,(H,17,18). The Bertz CT molecular complexity index is 681. The molecule has 1 heterocycles. The molecule has 1 N–H and O–H groups in total. The first-order chi connectivity index (χ1) is 9.60. The van der Waals surface area contributed by atoms with Crippen LogP contribution in [0.25, 0.3) is 0 Å². The van der Waals surface area contributed by atoms with Crippen molar-refractivity contribution >= 4 is 33.8 Å². The summed E-state index contributed by atoms with van der Waals surface area (Å²) in [5.74, 6) is -0.691. The number of rotatable bonds is 4. The molecule has 2 aromatic rings. The predicted molar refractivity (Wildman–Crippen MR) is 74.6 cm³/mol. The molecule has 4 nitrogen and oxygen atoms in total. The van der Waals surface area contributed by atoms with Crippen LogP contribution >= 0.6 is 22.9 Å². The molecule has 0 saturated carbocycles. The van der Waals surface area contributed by atoms with Gasteiger partial charge >= 0.3 is 0 Å². The fourth-order valence-electron chi connectivity index (χ4n) is 1.39. The molecular weight excluding hydrogens is 303 g/mol. The second-order valence-corrected chi connectivity index (χ2v) is 5.01. The summed E-state index contributed by atoms with van der Waals surface area (Å²) in [6, 6.07) is 7.20. The first-order valence-corrected chi connectivity index (χ1v) is 6.71. The number of hydrogen-bond acceptors (Lipinski definition) is 4. The van der Waals surface area contributed by atoms with Crippen LogP contribution in [-0.2, 0) is 4.79 Å². The van der Waals surface area contributed by atoms with Gasteiger partial charge in [0.2, 0.25) is 0 Å². The summed E-state index contributed by atoms with van der Waals surface area (Å²) < 4.78 is 18.0. The van der Waals surface area contributed by atoms with Gasteiger partial charge in [-0.3, -0.25) is 4.79 Å². The highest BCUT2D eigenvalue weighted by molar-refractivity contribution is 7.14. The van der Waals surface area contributed by atoms with E-state index in [0.717, 1.165) is 6.07 Å². The minimum atomic E-state index is -0.482. The Kier molecular flexibility index (Phi) is 4.56. The summed E-state index contributed by atoms with van der Waals surface area (Å²) >= 11 is 7.01. The zero-order chi connectivity index (χ0) is 14.5. The van der Waals surface area contributed by atoms with E-state index in [0.29, 0.717) is 10.6 Å². The molecule has 102 valence electrons. The first kappa shape index (κ1) is 14.3. The number of halogens is 2. The smallest absolute Gasteiger partial charge is 0.262 e. The summed E-state index contributed by atoms with van der Waals surface area (Å²) in [5, 5.41) is 13.6. The zero-order valence-corrected chi connectivity index (χ0v) is 11.6. The fourth-order valence-corrected chi connectivity index (χ4v) is 2.37. The van der Waals surface area contributed by atoms with E-state index in [9.17, 15) is 9.18 Å². The highest BCUT2D eigenvalue weighted by atomic mass is 35.5. The maximum Gasteiger partial charge on any atom is 0.262 e. The summed E-state index contributed by atoms with van der Waals surface area (Å²) in [6.45, 7) is -0.284. The molecule has 0 aliphatic heterocycles. The Labute approximate surface area is 123 Å². The van der Waals surface area contributed by atoms with Crippen molar-refractivity contribution in [1.82, 2.24) is 0 Å². The number of nitrogens with zero attached hydrogens (tertiary/aromatic N) is 1. The normalized spacial score (nSPS) is 9.85. The lowest BCUT2D eigenvalue weighted by Crippen LogP contribution is -2.20. The molecule has 20 heavy (non-hydrogen) atoms. The van der Waals surface area contributed by atoms with E-state index in [1.54, 1.807) is 11.4 Å². The van der Waals surface area contributed by atoms with Crippen LogP contribution in [0.2, 0.25) is 5.02 Å². The number of nitriles is 1. The predicted octanol–water partition coefficient (Wildman–Crippen LogP) is 3.43. The molecular formula is C13H8ClFN2O2S. The van der Waals surface area contributed by atoms with Crippen molar-refractivity contribution in [2.75, 3.05) is 11.9 Å². The van der Waals surface area contributed by atoms with Crippen LogP contribution in [0.15, 0.2) is 29.6 Å². The van der Waals surface area contributed by atoms with E-state index < -0.39 is 11.7 Å². The Morgan fingerprint density at radius 2 is 2.30 bits per heavy atom. The van der Waals surface area contributed by atoms with Gasteiger partial charge in [0.25, 0.3) is 5.91 Å². The van der Waals surface area contributed by atoms with Gasteiger partial charge in [0.05, 0.1) is 10.6 Å². The monoisotopic (exact) mass is 310 g/mol. The van der Waals surface area contributed by atoms with Crippen LogP contribution in [0, 0.1) is 17.1 Å². The number of hydrogen-bond donors (Lipinski definition) is 1. The molecule has 2 rings (SSSR count). The Morgan fingerprint density at radius 3 is 3.00 bits per heavy atom. The minimum Gasteiger partial charge on any atom is -0.482 e. The highest BCUT2D eigenvalue weighted by Gasteiger charge is 2.10. The summed E-state index contributed by atoms with van der Waals surface area (Å²) in [4.78, 5) is 11.7. The maximum atomic E-state index is 12.8. The highest BCUT2D eigenvalue weighted by Crippen LogP contribution is 2.25. The molecule has 1 aromatic carbocycles. The third-order valence-corrected chi connectivity index (χ3v) is 3.42. The Hall–Kier alpha value is -2.10. The summed E-state index contributed by atoms with van der Waals surface area (Å²) in [6.07, 6.45) is 0. The van der Waals surface area contributed by atoms with Gasteiger partial charge in [0, 0.05) is 0 Å². The molecule has 0 aliphatic rings. The average molecular weight is 311 g/mol. The molecule has 0 atom stereocenters. The van der Waals surface area contributed by atoms with Gasteiger partial charge in [0.15, 0.2) is 6.61 Å². The summed E-state index contributed by atoms with van der Waals surface area (Å²) in [7, 11) is 0. The number of carbonyl (C=O) groups is 1. The van der Waals surface area contributed by atoms with E-state index >= 15 is 0 Å². The van der Waals surface area contributed by atoms with Gasteiger partial charge < -0.3 is 10.1 Å². The largest absolute Gasteiger partial charge is 0.482 e. The minimum absolute atomic E-state index is 0.0895. The van der Waals surface area contributed by atoms with Crippen molar-refractivity contribution in [2.24, 2.45) is 0 Å². The number of anilines is 1. The van der Waals surface area contributed by atoms with Gasteiger partial charge in [-0.25, -0.2) is 4.39 Å². The molecule has 1 aromatic heterocycles. The van der Waals surface area contributed by atoms with Crippen LogP contribution in [0.3, 0.4) is 0 Å². The molecule has 0 unspecified atom stereocenters. The van der Waals surface area contributed by atoms with Gasteiger partial charge in [0.1, 0.15) is 22.6 Å². The van der Waals surface area contributed by atoms with Crippen molar-refractivity contribution in [3.05, 3.63) is 46.0 Å². The second kappa shape index (κ2) is 6.37.